The second-order valence-corrected chi connectivity index (χ2v) is 7.29. The monoisotopic (exact) mass is 288 g/mol. The maximum absolute atomic E-state index is 11.9. The summed E-state index contributed by atoms with van der Waals surface area (Å²) in [5.41, 5.74) is 2.33. The third-order valence-electron chi connectivity index (χ3n) is 4.28. The Labute approximate surface area is 128 Å². The van der Waals surface area contributed by atoms with Crippen molar-refractivity contribution in [2.24, 2.45) is 5.41 Å². The average Bonchev–Trinajstić information content (AvgIpc) is 2.41. The molecule has 21 heavy (non-hydrogen) atoms. The molecule has 0 atom stereocenters. The summed E-state index contributed by atoms with van der Waals surface area (Å²) in [6.07, 6.45) is 5.00. The summed E-state index contributed by atoms with van der Waals surface area (Å²) in [7, 11) is 0. The Morgan fingerprint density at radius 3 is 2.24 bits per heavy atom. The van der Waals surface area contributed by atoms with E-state index >= 15 is 0 Å². The van der Waals surface area contributed by atoms with Gasteiger partial charge < -0.3 is 10.6 Å². The van der Waals surface area contributed by atoms with Crippen LogP contribution in [0.4, 0.5) is 5.69 Å². The van der Waals surface area contributed by atoms with E-state index in [1.165, 1.54) is 25.7 Å². The number of nitrogens with one attached hydrogen (secondary N) is 2. The van der Waals surface area contributed by atoms with Crippen molar-refractivity contribution in [3.8, 4) is 0 Å². The predicted molar refractivity (Wildman–Crippen MR) is 88.7 cm³/mol. The summed E-state index contributed by atoms with van der Waals surface area (Å²) < 4.78 is 0. The van der Waals surface area contributed by atoms with Crippen LogP contribution in [0.2, 0.25) is 0 Å². The molecule has 1 aromatic carbocycles. The average molecular weight is 288 g/mol. The topological polar surface area (TPSA) is 41.1 Å². The number of rotatable bonds is 4. The van der Waals surface area contributed by atoms with Crippen LogP contribution in [0, 0.1) is 5.41 Å². The molecule has 116 valence electrons. The standard InChI is InChI=1S/C18H28N2O/c1-13(2)19-17(21)14-5-7-15(8-6-14)20-16-9-11-18(3,4)12-10-16/h5-8,13,16,20H,9-12H2,1-4H3,(H,19,21). The molecule has 0 spiro atoms. The summed E-state index contributed by atoms with van der Waals surface area (Å²) in [4.78, 5) is 11.9. The maximum Gasteiger partial charge on any atom is 0.251 e. The molecule has 0 aliphatic heterocycles. The number of carbonyl (C=O) groups excluding carboxylic acids is 1. The third-order valence-corrected chi connectivity index (χ3v) is 4.28. The number of carbonyl (C=O) groups is 1. The molecule has 1 fully saturated rings. The van der Waals surface area contributed by atoms with Gasteiger partial charge in [-0.1, -0.05) is 13.8 Å². The van der Waals surface area contributed by atoms with Crippen molar-refractivity contribution in [2.75, 3.05) is 5.32 Å². The highest BCUT2D eigenvalue weighted by Gasteiger charge is 2.26. The van der Waals surface area contributed by atoms with Gasteiger partial charge >= 0.3 is 0 Å². The van der Waals surface area contributed by atoms with Gasteiger partial charge in [-0.05, 0) is 69.2 Å². The van der Waals surface area contributed by atoms with Crippen LogP contribution in [0.3, 0.4) is 0 Å². The third kappa shape index (κ3) is 4.76. The highest BCUT2D eigenvalue weighted by molar-refractivity contribution is 5.94. The van der Waals surface area contributed by atoms with E-state index in [0.717, 1.165) is 11.3 Å². The van der Waals surface area contributed by atoms with Gasteiger partial charge in [0.2, 0.25) is 0 Å². The van der Waals surface area contributed by atoms with E-state index in [1.54, 1.807) is 0 Å². The van der Waals surface area contributed by atoms with Crippen molar-refractivity contribution in [2.45, 2.75) is 65.5 Å². The van der Waals surface area contributed by atoms with Crippen LogP contribution in [0.5, 0.6) is 0 Å². The minimum Gasteiger partial charge on any atom is -0.382 e. The second-order valence-electron chi connectivity index (χ2n) is 7.29. The molecule has 1 saturated carbocycles. The van der Waals surface area contributed by atoms with Gasteiger partial charge in [0.05, 0.1) is 0 Å². The molecule has 0 saturated heterocycles. The van der Waals surface area contributed by atoms with E-state index in [0.29, 0.717) is 11.5 Å². The van der Waals surface area contributed by atoms with Gasteiger partial charge in [0, 0.05) is 23.3 Å². The van der Waals surface area contributed by atoms with Gasteiger partial charge in [-0.25, -0.2) is 0 Å². The van der Waals surface area contributed by atoms with E-state index in [9.17, 15) is 4.79 Å². The Morgan fingerprint density at radius 2 is 1.71 bits per heavy atom. The first-order chi connectivity index (χ1) is 9.85. The van der Waals surface area contributed by atoms with Crippen LogP contribution >= 0.6 is 0 Å². The van der Waals surface area contributed by atoms with Crippen LogP contribution in [-0.4, -0.2) is 18.0 Å². The molecule has 0 unspecified atom stereocenters. The van der Waals surface area contributed by atoms with Gasteiger partial charge in [-0.2, -0.15) is 0 Å². The number of amides is 1. The predicted octanol–water partition coefficient (Wildman–Crippen LogP) is 4.21. The van der Waals surface area contributed by atoms with Crippen LogP contribution in [0.25, 0.3) is 0 Å². The van der Waals surface area contributed by atoms with Crippen molar-refractivity contribution in [3.05, 3.63) is 29.8 Å². The highest BCUT2D eigenvalue weighted by Crippen LogP contribution is 2.36. The smallest absolute Gasteiger partial charge is 0.251 e. The Bertz CT molecular complexity index is 466. The van der Waals surface area contributed by atoms with Crippen molar-refractivity contribution in [1.82, 2.24) is 5.32 Å². The van der Waals surface area contributed by atoms with E-state index < -0.39 is 0 Å². The van der Waals surface area contributed by atoms with Crippen LogP contribution < -0.4 is 10.6 Å². The normalized spacial score (nSPS) is 18.5. The molecule has 0 heterocycles. The minimum atomic E-state index is -0.00374. The SMILES string of the molecule is CC(C)NC(=O)c1ccc(NC2CCC(C)(C)CC2)cc1. The molecule has 1 aliphatic rings. The molecule has 1 aliphatic carbocycles. The molecule has 1 aromatic rings. The lowest BCUT2D eigenvalue weighted by Gasteiger charge is -2.35. The first kappa shape index (κ1) is 15.9. The van der Waals surface area contributed by atoms with Gasteiger partial charge in [0.1, 0.15) is 0 Å². The zero-order valence-corrected chi connectivity index (χ0v) is 13.7. The van der Waals surface area contributed by atoms with Gasteiger partial charge in [0.25, 0.3) is 5.91 Å². The molecule has 0 radical (unpaired) electrons. The summed E-state index contributed by atoms with van der Waals surface area (Å²) in [6.45, 7) is 8.65. The fraction of sp³-hybridized carbons (Fsp3) is 0.611. The van der Waals surface area contributed by atoms with E-state index in [-0.39, 0.29) is 11.9 Å². The Hall–Kier alpha value is -1.51. The molecule has 2 N–H and O–H groups in total. The molecular formula is C18H28N2O. The van der Waals surface area contributed by atoms with Crippen molar-refractivity contribution in [1.29, 1.82) is 0 Å². The zero-order chi connectivity index (χ0) is 15.5. The second kappa shape index (κ2) is 6.50. The van der Waals surface area contributed by atoms with Gasteiger partial charge in [-0.15, -0.1) is 0 Å². The van der Waals surface area contributed by atoms with Crippen molar-refractivity contribution in [3.63, 3.8) is 0 Å². The molecule has 0 aromatic heterocycles. The molecule has 3 nitrogen and oxygen atoms in total. The number of hydrogen-bond donors (Lipinski definition) is 2. The van der Waals surface area contributed by atoms with Crippen LogP contribution in [0.1, 0.15) is 63.7 Å². The first-order valence-corrected chi connectivity index (χ1v) is 8.03. The van der Waals surface area contributed by atoms with E-state index in [1.807, 2.05) is 38.1 Å². The largest absolute Gasteiger partial charge is 0.382 e. The number of hydrogen-bond acceptors (Lipinski definition) is 2. The Balaban J connectivity index is 1.89. The summed E-state index contributed by atoms with van der Waals surface area (Å²) in [5, 5.41) is 6.50. The van der Waals surface area contributed by atoms with Gasteiger partial charge in [-0.3, -0.25) is 4.79 Å². The first-order valence-electron chi connectivity index (χ1n) is 8.03. The van der Waals surface area contributed by atoms with E-state index in [2.05, 4.69) is 24.5 Å². The molecule has 2 rings (SSSR count). The Morgan fingerprint density at radius 1 is 1.14 bits per heavy atom. The molecular weight excluding hydrogens is 260 g/mol. The minimum absolute atomic E-state index is 0.00374. The number of anilines is 1. The fourth-order valence-corrected chi connectivity index (χ4v) is 2.84. The lowest BCUT2D eigenvalue weighted by atomic mass is 9.75. The highest BCUT2D eigenvalue weighted by atomic mass is 16.1. The van der Waals surface area contributed by atoms with E-state index in [4.69, 9.17) is 0 Å². The summed E-state index contributed by atoms with van der Waals surface area (Å²) >= 11 is 0. The quantitative estimate of drug-likeness (QED) is 0.871. The van der Waals surface area contributed by atoms with Crippen LogP contribution in [0.15, 0.2) is 24.3 Å². The summed E-state index contributed by atoms with van der Waals surface area (Å²) in [5.74, 6) is -0.00374. The Kier molecular flexibility index (Phi) is 4.92. The molecule has 3 heteroatoms. The molecule has 0 bridgehead atoms. The lowest BCUT2D eigenvalue weighted by Crippen LogP contribution is -2.30. The van der Waals surface area contributed by atoms with Gasteiger partial charge in [0.15, 0.2) is 0 Å². The fourth-order valence-electron chi connectivity index (χ4n) is 2.84. The number of benzene rings is 1. The lowest BCUT2D eigenvalue weighted by molar-refractivity contribution is 0.0943. The molecule has 1 amide bonds. The van der Waals surface area contributed by atoms with Crippen LogP contribution in [-0.2, 0) is 0 Å². The van der Waals surface area contributed by atoms with Crippen molar-refractivity contribution >= 4 is 11.6 Å². The zero-order valence-electron chi connectivity index (χ0n) is 13.7. The summed E-state index contributed by atoms with van der Waals surface area (Å²) in [6, 6.07) is 8.54. The van der Waals surface area contributed by atoms with Crippen molar-refractivity contribution < 1.29 is 4.79 Å². The maximum atomic E-state index is 11.9.